The first kappa shape index (κ1) is 9.51. The van der Waals surface area contributed by atoms with E-state index in [1.165, 1.54) is 0 Å². The molecule has 0 saturated heterocycles. The third-order valence-corrected chi connectivity index (χ3v) is 2.10. The summed E-state index contributed by atoms with van der Waals surface area (Å²) in [6.07, 6.45) is 1.64. The lowest BCUT2D eigenvalue weighted by Crippen LogP contribution is -1.96. The average Bonchev–Trinajstić information content (AvgIpc) is 2.27. The number of anilines is 1. The van der Waals surface area contributed by atoms with Crippen LogP contribution >= 0.6 is 0 Å². The number of nitrogens with zero attached hydrogens (tertiary/aromatic N) is 2. The molecule has 1 heterocycles. The van der Waals surface area contributed by atoms with E-state index in [4.69, 9.17) is 15.2 Å². The van der Waals surface area contributed by atoms with Crippen LogP contribution in [0.5, 0.6) is 11.5 Å². The largest absolute Gasteiger partial charge is 0.497 e. The second-order valence-electron chi connectivity index (χ2n) is 3.00. The van der Waals surface area contributed by atoms with Crippen molar-refractivity contribution in [3.05, 3.63) is 18.3 Å². The highest BCUT2D eigenvalue weighted by Gasteiger charge is 2.07. The van der Waals surface area contributed by atoms with E-state index in [2.05, 4.69) is 9.97 Å². The number of methoxy groups -OCH3 is 2. The van der Waals surface area contributed by atoms with Gasteiger partial charge >= 0.3 is 0 Å². The van der Waals surface area contributed by atoms with E-state index < -0.39 is 0 Å². The van der Waals surface area contributed by atoms with Gasteiger partial charge in [0.15, 0.2) is 0 Å². The molecule has 0 saturated carbocycles. The number of hydrogen-bond acceptors (Lipinski definition) is 5. The van der Waals surface area contributed by atoms with E-state index in [1.54, 1.807) is 26.5 Å². The number of rotatable bonds is 2. The lowest BCUT2D eigenvalue weighted by molar-refractivity contribution is 0.397. The predicted molar refractivity (Wildman–Crippen MR) is 57.1 cm³/mol. The summed E-state index contributed by atoms with van der Waals surface area (Å²) in [5.74, 6) is 1.55. The van der Waals surface area contributed by atoms with Crippen LogP contribution in [-0.2, 0) is 0 Å². The fourth-order valence-electron chi connectivity index (χ4n) is 1.37. The van der Waals surface area contributed by atoms with Gasteiger partial charge in [0.25, 0.3) is 0 Å². The Hall–Kier alpha value is -2.04. The van der Waals surface area contributed by atoms with Gasteiger partial charge in [0.05, 0.1) is 14.2 Å². The Labute approximate surface area is 86.8 Å². The molecule has 1 aromatic carbocycles. The third-order valence-electron chi connectivity index (χ3n) is 2.10. The molecule has 0 atom stereocenters. The minimum atomic E-state index is 0.228. The normalized spacial score (nSPS) is 10.3. The number of nitrogens with two attached hydrogens (primary N) is 1. The Morgan fingerprint density at radius 3 is 2.67 bits per heavy atom. The van der Waals surface area contributed by atoms with E-state index in [0.717, 1.165) is 5.39 Å². The van der Waals surface area contributed by atoms with Crippen molar-refractivity contribution in [1.82, 2.24) is 9.97 Å². The van der Waals surface area contributed by atoms with Crippen LogP contribution in [0, 0.1) is 0 Å². The molecule has 0 spiro atoms. The summed E-state index contributed by atoms with van der Waals surface area (Å²) in [6, 6.07) is 3.59. The fraction of sp³-hybridized carbons (Fsp3) is 0.200. The van der Waals surface area contributed by atoms with E-state index in [-0.39, 0.29) is 5.95 Å². The van der Waals surface area contributed by atoms with E-state index >= 15 is 0 Å². The van der Waals surface area contributed by atoms with Gasteiger partial charge in [-0.2, -0.15) is 0 Å². The molecular formula is C10H11N3O2. The topological polar surface area (TPSA) is 70.3 Å². The van der Waals surface area contributed by atoms with Gasteiger partial charge in [-0.05, 0) is 6.07 Å². The number of hydrogen-bond donors (Lipinski definition) is 1. The summed E-state index contributed by atoms with van der Waals surface area (Å²) in [6.45, 7) is 0. The molecule has 0 fully saturated rings. The smallest absolute Gasteiger partial charge is 0.220 e. The Morgan fingerprint density at radius 2 is 2.00 bits per heavy atom. The van der Waals surface area contributed by atoms with E-state index in [1.807, 2.05) is 6.07 Å². The average molecular weight is 205 g/mol. The van der Waals surface area contributed by atoms with Gasteiger partial charge in [-0.15, -0.1) is 0 Å². The van der Waals surface area contributed by atoms with Crippen LogP contribution in [0.3, 0.4) is 0 Å². The summed E-state index contributed by atoms with van der Waals surface area (Å²) in [4.78, 5) is 8.02. The van der Waals surface area contributed by atoms with Gasteiger partial charge in [-0.1, -0.05) is 0 Å². The SMILES string of the molecule is COc1cc(OC)c2nc(N)ncc2c1. The first-order valence-corrected chi connectivity index (χ1v) is 4.39. The first-order chi connectivity index (χ1) is 7.24. The lowest BCUT2D eigenvalue weighted by atomic mass is 10.2. The minimum absolute atomic E-state index is 0.228. The first-order valence-electron chi connectivity index (χ1n) is 4.39. The maximum atomic E-state index is 5.51. The van der Waals surface area contributed by atoms with Crippen molar-refractivity contribution in [3.63, 3.8) is 0 Å². The molecule has 0 aliphatic rings. The minimum Gasteiger partial charge on any atom is -0.497 e. The maximum absolute atomic E-state index is 5.51. The fourth-order valence-corrected chi connectivity index (χ4v) is 1.37. The van der Waals surface area contributed by atoms with Crippen LogP contribution in [0.1, 0.15) is 0 Å². The van der Waals surface area contributed by atoms with Crippen LogP contribution in [0.25, 0.3) is 10.9 Å². The van der Waals surface area contributed by atoms with Crippen molar-refractivity contribution >= 4 is 16.9 Å². The number of nitrogen functional groups attached to an aromatic ring is 1. The molecule has 5 nitrogen and oxygen atoms in total. The molecule has 78 valence electrons. The monoisotopic (exact) mass is 205 g/mol. The second-order valence-corrected chi connectivity index (χ2v) is 3.00. The summed E-state index contributed by atoms with van der Waals surface area (Å²) < 4.78 is 10.3. The summed E-state index contributed by atoms with van der Waals surface area (Å²) in [5.41, 5.74) is 6.19. The molecule has 2 N–H and O–H groups in total. The van der Waals surface area contributed by atoms with E-state index in [9.17, 15) is 0 Å². The van der Waals surface area contributed by atoms with Gasteiger partial charge in [0.2, 0.25) is 5.95 Å². The molecule has 0 radical (unpaired) electrons. The second kappa shape index (κ2) is 3.61. The molecular weight excluding hydrogens is 194 g/mol. The Balaban J connectivity index is 2.75. The van der Waals surface area contributed by atoms with Gasteiger partial charge in [-0.25, -0.2) is 9.97 Å². The van der Waals surface area contributed by atoms with Crippen molar-refractivity contribution in [2.45, 2.75) is 0 Å². The van der Waals surface area contributed by atoms with Crippen molar-refractivity contribution < 1.29 is 9.47 Å². The standard InChI is InChI=1S/C10H11N3O2/c1-14-7-3-6-5-12-10(11)13-9(6)8(4-7)15-2/h3-5H,1-2H3,(H2,11,12,13). The van der Waals surface area contributed by atoms with Crippen molar-refractivity contribution in [3.8, 4) is 11.5 Å². The third kappa shape index (κ3) is 1.63. The van der Waals surface area contributed by atoms with Crippen LogP contribution in [0.15, 0.2) is 18.3 Å². The van der Waals surface area contributed by atoms with Gasteiger partial charge < -0.3 is 15.2 Å². The summed E-state index contributed by atoms with van der Waals surface area (Å²) >= 11 is 0. The van der Waals surface area contributed by atoms with Gasteiger partial charge in [0.1, 0.15) is 17.0 Å². The summed E-state index contributed by atoms with van der Waals surface area (Å²) in [5, 5.41) is 0.834. The van der Waals surface area contributed by atoms with Gasteiger partial charge in [-0.3, -0.25) is 0 Å². The van der Waals surface area contributed by atoms with E-state index in [0.29, 0.717) is 17.0 Å². The molecule has 5 heteroatoms. The predicted octanol–water partition coefficient (Wildman–Crippen LogP) is 1.23. The zero-order valence-electron chi connectivity index (χ0n) is 8.52. The van der Waals surface area contributed by atoms with Crippen molar-refractivity contribution in [2.75, 3.05) is 20.0 Å². The van der Waals surface area contributed by atoms with Gasteiger partial charge in [0, 0.05) is 17.6 Å². The van der Waals surface area contributed by atoms with Crippen molar-refractivity contribution in [1.29, 1.82) is 0 Å². The molecule has 15 heavy (non-hydrogen) atoms. The molecule has 0 aliphatic heterocycles. The molecule has 0 amide bonds. The van der Waals surface area contributed by atoms with Crippen LogP contribution < -0.4 is 15.2 Å². The molecule has 1 aromatic heterocycles. The zero-order valence-corrected chi connectivity index (χ0v) is 8.52. The maximum Gasteiger partial charge on any atom is 0.220 e. The van der Waals surface area contributed by atoms with Crippen molar-refractivity contribution in [2.24, 2.45) is 0 Å². The number of aromatic nitrogens is 2. The molecule has 0 aliphatic carbocycles. The highest BCUT2D eigenvalue weighted by atomic mass is 16.5. The molecule has 2 rings (SSSR count). The zero-order chi connectivity index (χ0) is 10.8. The molecule has 0 unspecified atom stereocenters. The van der Waals surface area contributed by atoms with Crippen LogP contribution in [-0.4, -0.2) is 24.2 Å². The summed E-state index contributed by atoms with van der Waals surface area (Å²) in [7, 11) is 3.17. The highest BCUT2D eigenvalue weighted by Crippen LogP contribution is 2.29. The molecule has 2 aromatic rings. The number of ether oxygens (including phenoxy) is 2. The number of benzene rings is 1. The lowest BCUT2D eigenvalue weighted by Gasteiger charge is -2.07. The Morgan fingerprint density at radius 1 is 1.20 bits per heavy atom. The quantitative estimate of drug-likeness (QED) is 0.798. The number of fused-ring (bicyclic) bond motifs is 1. The highest BCUT2D eigenvalue weighted by molar-refractivity contribution is 5.86. The van der Waals surface area contributed by atoms with Crippen LogP contribution in [0.4, 0.5) is 5.95 Å². The Bertz CT molecular complexity index is 499. The van der Waals surface area contributed by atoms with Crippen LogP contribution in [0.2, 0.25) is 0 Å². The Kier molecular flexibility index (Phi) is 2.29. The molecule has 0 bridgehead atoms.